The molecule has 0 amide bonds. The summed E-state index contributed by atoms with van der Waals surface area (Å²) >= 11 is 0. The van der Waals surface area contributed by atoms with Crippen molar-refractivity contribution in [2.45, 2.75) is 46.1 Å². The van der Waals surface area contributed by atoms with Gasteiger partial charge in [0.25, 0.3) is 0 Å². The zero-order valence-electron chi connectivity index (χ0n) is 11.4. The first-order valence-electron chi connectivity index (χ1n) is 6.83. The van der Waals surface area contributed by atoms with Gasteiger partial charge in [-0.3, -0.25) is 0 Å². The molecule has 2 N–H and O–H groups in total. The third-order valence-electron chi connectivity index (χ3n) is 3.30. The molecule has 2 nitrogen and oxygen atoms in total. The summed E-state index contributed by atoms with van der Waals surface area (Å²) in [5.74, 6) is 0.850. The molecule has 0 bridgehead atoms. The van der Waals surface area contributed by atoms with Crippen LogP contribution in [0.1, 0.15) is 45.1 Å². The predicted molar refractivity (Wildman–Crippen MR) is 73.1 cm³/mol. The van der Waals surface area contributed by atoms with Crippen LogP contribution in [0.15, 0.2) is 18.2 Å². The molecule has 0 heterocycles. The van der Waals surface area contributed by atoms with Crippen LogP contribution in [0.3, 0.4) is 0 Å². The molecule has 0 saturated carbocycles. The quantitative estimate of drug-likeness (QED) is 0.763. The van der Waals surface area contributed by atoms with Crippen molar-refractivity contribution in [3.05, 3.63) is 29.6 Å². The molecule has 0 aromatic heterocycles. The number of unbranched alkanes of at least 4 members (excludes halogenated alkanes) is 1. The molecule has 0 aliphatic rings. The number of rotatable bonds is 8. The SMILES string of the molecule is CCCCC(CC)COc1cccc(F)c1CN. The molecular formula is C15H24FNO. The first-order valence-corrected chi connectivity index (χ1v) is 6.83. The van der Waals surface area contributed by atoms with Crippen molar-refractivity contribution in [2.24, 2.45) is 11.7 Å². The maximum absolute atomic E-state index is 13.5. The minimum atomic E-state index is -0.281. The Kier molecular flexibility index (Phi) is 6.73. The summed E-state index contributed by atoms with van der Waals surface area (Å²) in [6.45, 7) is 5.17. The Hall–Kier alpha value is -1.09. The van der Waals surface area contributed by atoms with E-state index in [1.54, 1.807) is 12.1 Å². The number of hydrogen-bond donors (Lipinski definition) is 1. The molecule has 1 rings (SSSR count). The molecule has 1 aromatic carbocycles. The van der Waals surface area contributed by atoms with Crippen molar-refractivity contribution >= 4 is 0 Å². The van der Waals surface area contributed by atoms with E-state index in [4.69, 9.17) is 10.5 Å². The van der Waals surface area contributed by atoms with Gasteiger partial charge in [-0.1, -0.05) is 39.2 Å². The van der Waals surface area contributed by atoms with Crippen LogP contribution < -0.4 is 10.5 Å². The fourth-order valence-electron chi connectivity index (χ4n) is 1.98. The first kappa shape index (κ1) is 15.0. The molecule has 18 heavy (non-hydrogen) atoms. The summed E-state index contributed by atoms with van der Waals surface area (Å²) < 4.78 is 19.2. The highest BCUT2D eigenvalue weighted by molar-refractivity contribution is 5.34. The summed E-state index contributed by atoms with van der Waals surface area (Å²) in [7, 11) is 0. The topological polar surface area (TPSA) is 35.2 Å². The average Bonchev–Trinajstić information content (AvgIpc) is 2.39. The molecule has 1 aromatic rings. The smallest absolute Gasteiger partial charge is 0.131 e. The summed E-state index contributed by atoms with van der Waals surface area (Å²) in [6.07, 6.45) is 4.67. The summed E-state index contributed by atoms with van der Waals surface area (Å²) in [6, 6.07) is 4.87. The highest BCUT2D eigenvalue weighted by Crippen LogP contribution is 2.22. The predicted octanol–water partition coefficient (Wildman–Crippen LogP) is 3.88. The van der Waals surface area contributed by atoms with Gasteiger partial charge in [-0.15, -0.1) is 0 Å². The van der Waals surface area contributed by atoms with Crippen LogP contribution in [0, 0.1) is 11.7 Å². The normalized spacial score (nSPS) is 12.4. The second-order valence-corrected chi connectivity index (χ2v) is 4.65. The van der Waals surface area contributed by atoms with Gasteiger partial charge in [-0.2, -0.15) is 0 Å². The Morgan fingerprint density at radius 2 is 2.11 bits per heavy atom. The molecule has 102 valence electrons. The van der Waals surface area contributed by atoms with E-state index in [-0.39, 0.29) is 12.4 Å². The molecule has 0 radical (unpaired) electrons. The fourth-order valence-corrected chi connectivity index (χ4v) is 1.98. The maximum Gasteiger partial charge on any atom is 0.131 e. The number of ether oxygens (including phenoxy) is 1. The Balaban J connectivity index is 2.59. The van der Waals surface area contributed by atoms with Gasteiger partial charge in [0.05, 0.1) is 6.61 Å². The van der Waals surface area contributed by atoms with Gasteiger partial charge in [-0.05, 0) is 24.5 Å². The lowest BCUT2D eigenvalue weighted by Gasteiger charge is -2.17. The molecule has 0 aliphatic heterocycles. The molecule has 0 spiro atoms. The van der Waals surface area contributed by atoms with Gasteiger partial charge < -0.3 is 10.5 Å². The molecule has 1 unspecified atom stereocenters. The minimum Gasteiger partial charge on any atom is -0.493 e. The van der Waals surface area contributed by atoms with Gasteiger partial charge in [0, 0.05) is 12.1 Å². The van der Waals surface area contributed by atoms with Crippen molar-refractivity contribution in [1.29, 1.82) is 0 Å². The van der Waals surface area contributed by atoms with E-state index >= 15 is 0 Å². The second kappa shape index (κ2) is 8.09. The number of hydrogen-bond acceptors (Lipinski definition) is 2. The van der Waals surface area contributed by atoms with Crippen molar-refractivity contribution in [3.8, 4) is 5.75 Å². The Bertz CT molecular complexity index is 354. The monoisotopic (exact) mass is 253 g/mol. The molecule has 0 aliphatic carbocycles. The molecule has 3 heteroatoms. The highest BCUT2D eigenvalue weighted by Gasteiger charge is 2.11. The van der Waals surface area contributed by atoms with Crippen molar-refractivity contribution in [1.82, 2.24) is 0 Å². The van der Waals surface area contributed by atoms with Gasteiger partial charge in [-0.25, -0.2) is 4.39 Å². The largest absolute Gasteiger partial charge is 0.493 e. The fraction of sp³-hybridized carbons (Fsp3) is 0.600. The third kappa shape index (κ3) is 4.30. The van der Waals surface area contributed by atoms with Gasteiger partial charge in [0.15, 0.2) is 0 Å². The zero-order chi connectivity index (χ0) is 13.4. The average molecular weight is 253 g/mol. The molecule has 1 atom stereocenters. The van der Waals surface area contributed by atoms with Crippen LogP contribution in [-0.4, -0.2) is 6.61 Å². The highest BCUT2D eigenvalue weighted by atomic mass is 19.1. The van der Waals surface area contributed by atoms with Crippen LogP contribution in [0.4, 0.5) is 4.39 Å². The summed E-state index contributed by atoms with van der Waals surface area (Å²) in [5, 5.41) is 0. The van der Waals surface area contributed by atoms with E-state index < -0.39 is 0 Å². The van der Waals surface area contributed by atoms with E-state index in [0.29, 0.717) is 23.8 Å². The van der Waals surface area contributed by atoms with Crippen molar-refractivity contribution in [3.63, 3.8) is 0 Å². The third-order valence-corrected chi connectivity index (χ3v) is 3.30. The van der Waals surface area contributed by atoms with Crippen LogP contribution in [0.2, 0.25) is 0 Å². The number of benzene rings is 1. The van der Waals surface area contributed by atoms with Gasteiger partial charge in [0.2, 0.25) is 0 Å². The maximum atomic E-state index is 13.5. The minimum absolute atomic E-state index is 0.174. The van der Waals surface area contributed by atoms with Crippen LogP contribution in [-0.2, 0) is 6.54 Å². The summed E-state index contributed by atoms with van der Waals surface area (Å²) in [4.78, 5) is 0. The van der Waals surface area contributed by atoms with E-state index in [1.165, 1.54) is 25.3 Å². The van der Waals surface area contributed by atoms with Gasteiger partial charge >= 0.3 is 0 Å². The molecule has 0 fully saturated rings. The number of nitrogens with two attached hydrogens (primary N) is 1. The van der Waals surface area contributed by atoms with Crippen molar-refractivity contribution in [2.75, 3.05) is 6.61 Å². The van der Waals surface area contributed by atoms with E-state index in [1.807, 2.05) is 0 Å². The molecule has 0 saturated heterocycles. The lowest BCUT2D eigenvalue weighted by atomic mass is 10.0. The van der Waals surface area contributed by atoms with E-state index in [9.17, 15) is 4.39 Å². The number of halogens is 1. The zero-order valence-corrected chi connectivity index (χ0v) is 11.4. The second-order valence-electron chi connectivity index (χ2n) is 4.65. The Labute approximate surface area is 109 Å². The van der Waals surface area contributed by atoms with E-state index in [0.717, 1.165) is 6.42 Å². The lowest BCUT2D eigenvalue weighted by Crippen LogP contribution is -2.13. The summed E-state index contributed by atoms with van der Waals surface area (Å²) in [5.41, 5.74) is 6.03. The molecular weight excluding hydrogens is 229 g/mol. The van der Waals surface area contributed by atoms with Crippen LogP contribution in [0.25, 0.3) is 0 Å². The van der Waals surface area contributed by atoms with Crippen LogP contribution in [0.5, 0.6) is 5.75 Å². The Morgan fingerprint density at radius 1 is 1.33 bits per heavy atom. The van der Waals surface area contributed by atoms with Crippen molar-refractivity contribution < 1.29 is 9.13 Å². The van der Waals surface area contributed by atoms with Gasteiger partial charge in [0.1, 0.15) is 11.6 Å². The Morgan fingerprint density at radius 3 is 2.72 bits per heavy atom. The van der Waals surface area contributed by atoms with E-state index in [2.05, 4.69) is 13.8 Å². The standard InChI is InChI=1S/C15H24FNO/c1-3-5-7-12(4-2)11-18-15-9-6-8-14(16)13(15)10-17/h6,8-9,12H,3-5,7,10-11,17H2,1-2H3. The first-order chi connectivity index (χ1) is 8.72. The lowest BCUT2D eigenvalue weighted by molar-refractivity contribution is 0.230. The van der Waals surface area contributed by atoms with Crippen LogP contribution >= 0.6 is 0 Å².